The number of allylic oxidation sites excluding steroid dienone is 3. The summed E-state index contributed by atoms with van der Waals surface area (Å²) in [5, 5.41) is 2.17. The maximum absolute atomic E-state index is 12.2. The van der Waals surface area contributed by atoms with E-state index in [1.807, 2.05) is 6.07 Å². The summed E-state index contributed by atoms with van der Waals surface area (Å²) in [5.74, 6) is -0.203. The number of benzene rings is 2. The Bertz CT molecular complexity index is 978. The molecule has 0 radical (unpaired) electrons. The molecule has 3 nitrogen and oxygen atoms in total. The van der Waals surface area contributed by atoms with Gasteiger partial charge in [0.2, 0.25) is 0 Å². The van der Waals surface area contributed by atoms with Crippen LogP contribution in [-0.2, 0) is 11.2 Å². The van der Waals surface area contributed by atoms with Gasteiger partial charge in [0.15, 0.2) is 0 Å². The molecule has 0 aromatic heterocycles. The van der Waals surface area contributed by atoms with Gasteiger partial charge in [0.25, 0.3) is 0 Å². The molecule has 4 heterocycles. The van der Waals surface area contributed by atoms with E-state index in [1.165, 1.54) is 23.3 Å². The van der Waals surface area contributed by atoms with Crippen LogP contribution in [0.3, 0.4) is 0 Å². The average molecular weight is 433 g/mol. The first kappa shape index (κ1) is 14.6. The number of thioether (sulfide) groups is 1. The molecule has 2 aromatic rings. The van der Waals surface area contributed by atoms with Crippen LogP contribution in [0.25, 0.3) is 5.57 Å². The van der Waals surface area contributed by atoms with Gasteiger partial charge in [0.1, 0.15) is 0 Å². The van der Waals surface area contributed by atoms with Crippen LogP contribution >= 0.6 is 11.8 Å². The molecule has 1 fully saturated rings. The van der Waals surface area contributed by atoms with Crippen molar-refractivity contribution in [3.8, 4) is 0 Å². The minimum atomic E-state index is -2.34. The van der Waals surface area contributed by atoms with Crippen molar-refractivity contribution in [2.75, 3.05) is 0 Å². The zero-order chi connectivity index (χ0) is 16.3. The number of hydrogen-bond acceptors (Lipinski definition) is 3. The second-order valence-corrected chi connectivity index (χ2v) is 15.0. The summed E-state index contributed by atoms with van der Waals surface area (Å²) in [7, 11) is 0. The summed E-state index contributed by atoms with van der Waals surface area (Å²) < 4.78 is 4.28. The van der Waals surface area contributed by atoms with E-state index in [2.05, 4.69) is 53.8 Å². The van der Waals surface area contributed by atoms with E-state index in [4.69, 9.17) is 0 Å². The van der Waals surface area contributed by atoms with Crippen molar-refractivity contribution in [2.24, 2.45) is 0 Å². The fourth-order valence-corrected chi connectivity index (χ4v) is 16.5. The second kappa shape index (κ2) is 5.39. The molecular weight excluding hydrogens is 421 g/mol. The fourth-order valence-electron chi connectivity index (χ4n) is 3.94. The molecule has 5 heteroatoms. The molecule has 2 aromatic carbocycles. The van der Waals surface area contributed by atoms with Crippen LogP contribution < -0.4 is 8.64 Å². The molecule has 1 saturated heterocycles. The van der Waals surface area contributed by atoms with Gasteiger partial charge in [-0.15, -0.1) is 0 Å². The summed E-state index contributed by atoms with van der Waals surface area (Å²) in [5.41, 5.74) is 3.89. The van der Waals surface area contributed by atoms with Crippen molar-refractivity contribution >= 4 is 53.2 Å². The van der Waals surface area contributed by atoms with E-state index in [-0.39, 0.29) is 11.1 Å². The third-order valence-corrected chi connectivity index (χ3v) is 16.3. The molecule has 4 aliphatic rings. The Hall–Kier alpha value is -1.72. The zero-order valence-electron chi connectivity index (χ0n) is 12.7. The van der Waals surface area contributed by atoms with Gasteiger partial charge in [-0.1, -0.05) is 0 Å². The van der Waals surface area contributed by atoms with E-state index in [0.717, 1.165) is 18.2 Å². The molecule has 0 unspecified atom stereocenters. The predicted octanol–water partition coefficient (Wildman–Crippen LogP) is 2.73. The Morgan fingerprint density at radius 3 is 2.42 bits per heavy atom. The van der Waals surface area contributed by atoms with Gasteiger partial charge in [0, 0.05) is 0 Å². The van der Waals surface area contributed by atoms with Crippen molar-refractivity contribution < 1.29 is 9.59 Å². The number of nitrogens with one attached hydrogen (secondary N) is 1. The van der Waals surface area contributed by atoms with Gasteiger partial charge in [-0.25, -0.2) is 0 Å². The van der Waals surface area contributed by atoms with Crippen molar-refractivity contribution in [2.45, 2.75) is 6.42 Å². The summed E-state index contributed by atoms with van der Waals surface area (Å²) in [6.07, 6.45) is 0.975. The van der Waals surface area contributed by atoms with Crippen LogP contribution in [0.15, 0.2) is 66.2 Å². The van der Waals surface area contributed by atoms with E-state index >= 15 is 0 Å². The first-order valence-corrected chi connectivity index (χ1v) is 13.6. The standard InChI is InChI=1S/C19H12NO2S.In/c21-18-17(23-19(22)20-18)13-16(15-9-5-2-6-10-15)12-11-14-7-3-1-4-8-14;/h1-9H,11H2,(H,20,21,22);. The fraction of sp³-hybridized carbons (Fsp3) is 0.0526. The first-order chi connectivity index (χ1) is 11.7. The third-order valence-electron chi connectivity index (χ3n) is 4.87. The van der Waals surface area contributed by atoms with Crippen molar-refractivity contribution in [3.63, 3.8) is 0 Å². The molecule has 6 rings (SSSR count). The summed E-state index contributed by atoms with van der Waals surface area (Å²) in [6, 6.07) is 19.0. The SMILES string of the molecule is O=C1NC(=O)/C(=[C]2\C3=[C](Cc4ccccc4)[In]2[c]2ccccc23)S1. The molecule has 4 aliphatic heterocycles. The van der Waals surface area contributed by atoms with Crippen molar-refractivity contribution in [3.05, 3.63) is 77.3 Å². The van der Waals surface area contributed by atoms with Gasteiger partial charge in [-0.3, -0.25) is 0 Å². The quantitative estimate of drug-likeness (QED) is 0.742. The summed E-state index contributed by atoms with van der Waals surface area (Å²) in [6.45, 7) is 0. The number of imide groups is 1. The molecule has 114 valence electrons. The molecule has 1 N–H and O–H groups in total. The zero-order valence-corrected chi connectivity index (χ0v) is 16.8. The van der Waals surface area contributed by atoms with Crippen LogP contribution in [0.5, 0.6) is 0 Å². The Labute approximate surface area is 151 Å². The van der Waals surface area contributed by atoms with Gasteiger partial charge in [0.05, 0.1) is 0 Å². The van der Waals surface area contributed by atoms with Gasteiger partial charge >= 0.3 is 152 Å². The van der Waals surface area contributed by atoms with Crippen molar-refractivity contribution in [1.82, 2.24) is 5.32 Å². The molecule has 2 amide bonds. The molecule has 0 atom stereocenters. The van der Waals surface area contributed by atoms with Crippen LogP contribution in [0.2, 0.25) is 0 Å². The number of carbonyl (C=O) groups is 2. The predicted molar refractivity (Wildman–Crippen MR) is 97.1 cm³/mol. The van der Waals surface area contributed by atoms with Gasteiger partial charge in [-0.2, -0.15) is 0 Å². The Morgan fingerprint density at radius 2 is 1.71 bits per heavy atom. The molecule has 0 spiro atoms. The molecule has 0 aliphatic carbocycles. The monoisotopic (exact) mass is 433 g/mol. The van der Waals surface area contributed by atoms with Gasteiger partial charge in [-0.05, 0) is 0 Å². The van der Waals surface area contributed by atoms with Gasteiger partial charge < -0.3 is 0 Å². The Kier molecular flexibility index (Phi) is 3.28. The van der Waals surface area contributed by atoms with E-state index < -0.39 is 21.4 Å². The van der Waals surface area contributed by atoms with E-state index in [1.54, 1.807) is 3.33 Å². The molecule has 2 bridgehead atoms. The Morgan fingerprint density at radius 1 is 0.958 bits per heavy atom. The number of hydrogen-bond donors (Lipinski definition) is 1. The number of rotatable bonds is 2. The third kappa shape index (κ3) is 2.01. The summed E-state index contributed by atoms with van der Waals surface area (Å²) >= 11 is -1.26. The van der Waals surface area contributed by atoms with E-state index in [9.17, 15) is 9.59 Å². The normalized spacial score (nSPS) is 21.1. The van der Waals surface area contributed by atoms with Crippen LogP contribution in [-0.4, -0.2) is 32.6 Å². The molecule has 24 heavy (non-hydrogen) atoms. The molecular formula is C19H12InNO2S. The van der Waals surface area contributed by atoms with Crippen molar-refractivity contribution in [1.29, 1.82) is 0 Å². The van der Waals surface area contributed by atoms with Crippen LogP contribution in [0, 0.1) is 0 Å². The number of carbonyl (C=O) groups excluding carboxylic acids is 2. The first-order valence-electron chi connectivity index (χ1n) is 7.88. The number of amides is 2. The topological polar surface area (TPSA) is 46.2 Å². The van der Waals surface area contributed by atoms with E-state index in [0.29, 0.717) is 4.91 Å². The van der Waals surface area contributed by atoms with Crippen LogP contribution in [0.1, 0.15) is 11.1 Å². The second-order valence-electron chi connectivity index (χ2n) is 6.17. The summed E-state index contributed by atoms with van der Waals surface area (Å²) in [4.78, 5) is 24.4. The molecule has 0 saturated carbocycles. The average Bonchev–Trinajstić information content (AvgIpc) is 3.20. The minimum absolute atomic E-state index is 0.203. The Balaban J connectivity index is 1.65. The maximum atomic E-state index is 12.2. The van der Waals surface area contributed by atoms with Crippen LogP contribution in [0.4, 0.5) is 4.79 Å².